The van der Waals surface area contributed by atoms with Gasteiger partial charge in [0, 0.05) is 13.5 Å². The van der Waals surface area contributed by atoms with E-state index in [1.165, 1.54) is 69.8 Å². The zero-order valence-corrected chi connectivity index (χ0v) is 35.2. The van der Waals surface area contributed by atoms with Gasteiger partial charge >= 0.3 is 27.9 Å². The van der Waals surface area contributed by atoms with Crippen LogP contribution in [0.15, 0.2) is 60.7 Å². The number of nitrogens with zero attached hydrogens (tertiary/aromatic N) is 2. The Morgan fingerprint density at radius 3 is 1.65 bits per heavy atom. The molecular formula is C40H55AuF3N3O3PS+. The minimum atomic E-state index is -6.09. The third-order valence-electron chi connectivity index (χ3n) is 10.2. The molecule has 0 aliphatic heterocycles. The van der Waals surface area contributed by atoms with Crippen LogP contribution in [0.25, 0.3) is 22.2 Å². The van der Waals surface area contributed by atoms with Gasteiger partial charge in [-0.15, -0.1) is 5.10 Å². The summed E-state index contributed by atoms with van der Waals surface area (Å²) < 4.78 is 58.9. The summed E-state index contributed by atoms with van der Waals surface area (Å²) in [5.74, 6) is 1.65. The molecule has 0 radical (unpaired) electrons. The molecule has 52 heavy (non-hydrogen) atoms. The van der Waals surface area contributed by atoms with Gasteiger partial charge in [0.1, 0.15) is 5.52 Å². The molecule has 0 spiro atoms. The van der Waals surface area contributed by atoms with Gasteiger partial charge < -0.3 is 4.55 Å². The molecule has 0 saturated heterocycles. The number of benzene rings is 3. The van der Waals surface area contributed by atoms with Crippen LogP contribution in [-0.4, -0.2) is 45.2 Å². The second-order valence-electron chi connectivity index (χ2n) is 14.9. The van der Waals surface area contributed by atoms with Crippen molar-refractivity contribution >= 4 is 34.4 Å². The Balaban J connectivity index is 0.000000330. The number of fused-ring (bicyclic) bond motifs is 1. The molecule has 0 atom stereocenters. The number of aromatic amines is 1. The topological polar surface area (TPSA) is 98.8 Å². The Hall–Kier alpha value is -2.07. The molecule has 0 bridgehead atoms. The normalized spacial score (nSPS) is 16.0. The average molecular weight is 943 g/mol. The van der Waals surface area contributed by atoms with E-state index < -0.39 is 23.5 Å². The summed E-state index contributed by atoms with van der Waals surface area (Å²) in [6.07, 6.45) is 14.7. The Bertz CT molecular complexity index is 1730. The quantitative estimate of drug-likeness (QED) is 0.0861. The van der Waals surface area contributed by atoms with E-state index in [2.05, 4.69) is 93.4 Å². The summed E-state index contributed by atoms with van der Waals surface area (Å²) in [7, 11) is -6.70. The van der Waals surface area contributed by atoms with Crippen LogP contribution < -0.4 is 5.30 Å². The Kier molecular flexibility index (Phi) is 17.1. The van der Waals surface area contributed by atoms with Crippen molar-refractivity contribution in [3.05, 3.63) is 77.4 Å². The van der Waals surface area contributed by atoms with E-state index in [-0.39, 0.29) is 22.4 Å². The van der Waals surface area contributed by atoms with Crippen molar-refractivity contribution < 1.29 is 48.5 Å². The molecule has 2 aliphatic carbocycles. The molecular weight excluding hydrogens is 887 g/mol. The number of alkyl halides is 3. The van der Waals surface area contributed by atoms with Crippen LogP contribution in [0.3, 0.4) is 0 Å². The molecule has 3 aromatic carbocycles. The van der Waals surface area contributed by atoms with E-state index in [9.17, 15) is 13.2 Å². The fourth-order valence-electron chi connectivity index (χ4n) is 7.61. The van der Waals surface area contributed by atoms with E-state index in [1.54, 1.807) is 27.6 Å². The number of aromatic nitrogens is 3. The number of para-hydroxylation sites is 1. The predicted octanol–water partition coefficient (Wildman–Crippen LogP) is 11.2. The van der Waals surface area contributed by atoms with Crippen LogP contribution in [0.1, 0.15) is 140 Å². The molecule has 2 saturated carbocycles. The van der Waals surface area contributed by atoms with Crippen LogP contribution >= 0.6 is 7.92 Å². The van der Waals surface area contributed by atoms with Crippen LogP contribution in [0.4, 0.5) is 13.2 Å². The summed E-state index contributed by atoms with van der Waals surface area (Å²) in [6.45, 7) is 14.3. The molecule has 2 fully saturated rings. The number of nitrogens with one attached hydrogen (secondary N) is 1. The van der Waals surface area contributed by atoms with E-state index in [1.807, 2.05) is 24.3 Å². The molecule has 1 N–H and O–H groups in total. The number of hydrogen-bond acceptors (Lipinski definition) is 5. The van der Waals surface area contributed by atoms with Crippen molar-refractivity contribution in [3.63, 3.8) is 0 Å². The van der Waals surface area contributed by atoms with Crippen molar-refractivity contribution in [1.29, 1.82) is 0 Å². The first kappa shape index (κ1) is 44.3. The van der Waals surface area contributed by atoms with Crippen molar-refractivity contribution in [2.24, 2.45) is 0 Å². The standard InChI is InChI=1S/C33H49P.C6H5N3.CHF3O3S.Au/c1-23(2)26-21-30(24(3)4)33(31(22-26)25(5)6)29-19-13-14-20-32(29)34(27-15-9-7-10-16-27)28-17-11-8-12-18-28;1-2-4-6-5(3-1)7-9-8-6;2-1(3,4)8(5,6)7;/h13-14,19-25,27-28H,7-12,15-18H2,1-6H3;1-4H,(H,7,8,9);(H,5,6,7);/q;;;+1. The Morgan fingerprint density at radius 2 is 1.21 bits per heavy atom. The van der Waals surface area contributed by atoms with Crippen LogP contribution in [0.2, 0.25) is 0 Å². The number of halogens is 3. The van der Waals surface area contributed by atoms with Crippen molar-refractivity contribution in [3.8, 4) is 11.1 Å². The number of H-pyrrole nitrogens is 1. The molecule has 1 heterocycles. The molecule has 2 aliphatic rings. The van der Waals surface area contributed by atoms with Gasteiger partial charge in [0.25, 0.3) is 0 Å². The van der Waals surface area contributed by atoms with Crippen molar-refractivity contribution in [2.45, 2.75) is 140 Å². The first-order valence-corrected chi connectivity index (χ1v) is 21.6. The van der Waals surface area contributed by atoms with Crippen LogP contribution in [0.5, 0.6) is 0 Å². The SMILES string of the molecule is CC(C)c1cc(C(C)C)c(-c2ccccc2[PH+](C2CCCCC2)C2CCCCC2)c(C(C)C)c1.O=S(=O)([O-])C(F)(F)F.[Au+].c1ccc2[nH]nnc2c1. The van der Waals surface area contributed by atoms with Gasteiger partial charge in [-0.2, -0.15) is 13.2 Å². The summed E-state index contributed by atoms with van der Waals surface area (Å²) in [5, 5.41) is 12.0. The molecule has 290 valence electrons. The summed E-state index contributed by atoms with van der Waals surface area (Å²) >= 11 is 0. The van der Waals surface area contributed by atoms with Crippen LogP contribution in [0, 0.1) is 0 Å². The Morgan fingerprint density at radius 1 is 0.750 bits per heavy atom. The zero-order valence-electron chi connectivity index (χ0n) is 31.2. The third-order valence-corrected chi connectivity index (χ3v) is 14.8. The average Bonchev–Trinajstić information content (AvgIpc) is 3.58. The summed E-state index contributed by atoms with van der Waals surface area (Å²) in [6, 6.07) is 22.6. The van der Waals surface area contributed by atoms with E-state index in [4.69, 9.17) is 13.0 Å². The van der Waals surface area contributed by atoms with Gasteiger partial charge in [-0.3, -0.25) is 5.10 Å². The van der Waals surface area contributed by atoms with Gasteiger partial charge in [0.05, 0.1) is 22.1 Å². The predicted molar refractivity (Wildman–Crippen MR) is 205 cm³/mol. The van der Waals surface area contributed by atoms with Crippen LogP contribution in [-0.2, 0) is 32.5 Å². The fraction of sp³-hybridized carbons (Fsp3) is 0.550. The maximum atomic E-state index is 10.7. The zero-order chi connectivity index (χ0) is 37.3. The molecule has 12 heteroatoms. The Labute approximate surface area is 325 Å². The fourth-order valence-corrected chi connectivity index (χ4v) is 12.0. The number of hydrogen-bond donors (Lipinski definition) is 1. The van der Waals surface area contributed by atoms with Gasteiger partial charge in [-0.1, -0.05) is 102 Å². The minimum absolute atomic E-state index is 0. The molecule has 4 aromatic rings. The van der Waals surface area contributed by atoms with Crippen molar-refractivity contribution in [2.75, 3.05) is 0 Å². The first-order chi connectivity index (χ1) is 24.1. The molecule has 0 unspecified atom stereocenters. The monoisotopic (exact) mass is 942 g/mol. The van der Waals surface area contributed by atoms with E-state index >= 15 is 0 Å². The minimum Gasteiger partial charge on any atom is -0.741 e. The molecule has 1 aromatic heterocycles. The maximum absolute atomic E-state index is 10.7. The van der Waals surface area contributed by atoms with Gasteiger partial charge in [-0.05, 0) is 110 Å². The number of rotatable bonds is 7. The van der Waals surface area contributed by atoms with Gasteiger partial charge in [0.2, 0.25) is 0 Å². The largest absolute Gasteiger partial charge is 1.00 e. The van der Waals surface area contributed by atoms with Gasteiger partial charge in [0.15, 0.2) is 10.1 Å². The summed E-state index contributed by atoms with van der Waals surface area (Å²) in [5.41, 5.74) is 6.08. The molecule has 6 nitrogen and oxygen atoms in total. The molecule has 6 rings (SSSR count). The second-order valence-corrected chi connectivity index (χ2v) is 19.4. The van der Waals surface area contributed by atoms with E-state index in [0.717, 1.165) is 22.4 Å². The van der Waals surface area contributed by atoms with Gasteiger partial charge in [-0.25, -0.2) is 8.42 Å². The third kappa shape index (κ3) is 11.7. The maximum Gasteiger partial charge on any atom is 1.00 e. The molecule has 0 amide bonds. The van der Waals surface area contributed by atoms with Crippen molar-refractivity contribution in [1.82, 2.24) is 15.4 Å². The smallest absolute Gasteiger partial charge is 0.741 e. The van der Waals surface area contributed by atoms with E-state index in [0.29, 0.717) is 17.8 Å². The summed E-state index contributed by atoms with van der Waals surface area (Å²) in [4.78, 5) is 0. The first-order valence-electron chi connectivity index (χ1n) is 18.5. The second kappa shape index (κ2) is 20.0.